The van der Waals surface area contributed by atoms with Gasteiger partial charge in [0.2, 0.25) is 0 Å². The highest BCUT2D eigenvalue weighted by Crippen LogP contribution is 2.23. The van der Waals surface area contributed by atoms with Gasteiger partial charge >= 0.3 is 6.18 Å². The largest absolute Gasteiger partial charge is 0.497 e. The first-order chi connectivity index (χ1) is 8.40. The van der Waals surface area contributed by atoms with E-state index in [0.29, 0.717) is 12.2 Å². The van der Waals surface area contributed by atoms with Crippen molar-refractivity contribution < 1.29 is 23.0 Å². The Hall–Kier alpha value is -1.23. The fraction of sp³-hybridized carbons (Fsp3) is 0.538. The van der Waals surface area contributed by atoms with E-state index in [9.17, 15) is 18.3 Å². The first-order valence-electron chi connectivity index (χ1n) is 5.78. The van der Waals surface area contributed by atoms with Gasteiger partial charge in [-0.3, -0.25) is 0 Å². The average molecular weight is 262 g/mol. The summed E-state index contributed by atoms with van der Waals surface area (Å²) in [5.74, 6) is 0.676. The lowest BCUT2D eigenvalue weighted by Crippen LogP contribution is -2.13. The van der Waals surface area contributed by atoms with E-state index in [1.807, 2.05) is 6.07 Å². The molecule has 0 saturated heterocycles. The van der Waals surface area contributed by atoms with Gasteiger partial charge < -0.3 is 9.84 Å². The lowest BCUT2D eigenvalue weighted by atomic mass is 10.0. The smallest absolute Gasteiger partial charge is 0.389 e. The summed E-state index contributed by atoms with van der Waals surface area (Å²) in [5, 5.41) is 9.65. The van der Waals surface area contributed by atoms with Crippen LogP contribution in [0.1, 0.15) is 24.8 Å². The highest BCUT2D eigenvalue weighted by atomic mass is 19.4. The van der Waals surface area contributed by atoms with Crippen molar-refractivity contribution in [2.24, 2.45) is 0 Å². The third-order valence-electron chi connectivity index (χ3n) is 2.60. The molecule has 0 bridgehead atoms. The molecule has 1 aromatic rings. The highest BCUT2D eigenvalue weighted by Gasteiger charge is 2.26. The monoisotopic (exact) mass is 262 g/mol. The number of benzene rings is 1. The number of methoxy groups -OCH3 is 1. The van der Waals surface area contributed by atoms with Gasteiger partial charge in [-0.25, -0.2) is 0 Å². The van der Waals surface area contributed by atoms with E-state index in [2.05, 4.69) is 0 Å². The summed E-state index contributed by atoms with van der Waals surface area (Å²) >= 11 is 0. The number of hydrogen-bond donors (Lipinski definition) is 1. The molecule has 1 aromatic carbocycles. The molecule has 0 radical (unpaired) electrons. The molecule has 5 heteroatoms. The Morgan fingerprint density at radius 1 is 1.33 bits per heavy atom. The van der Waals surface area contributed by atoms with Gasteiger partial charge in [-0.15, -0.1) is 0 Å². The lowest BCUT2D eigenvalue weighted by Gasteiger charge is -2.12. The summed E-state index contributed by atoms with van der Waals surface area (Å²) in [6.07, 6.45) is -5.29. The molecule has 1 unspecified atom stereocenters. The van der Waals surface area contributed by atoms with Crippen molar-refractivity contribution in [1.29, 1.82) is 0 Å². The molecule has 0 aliphatic carbocycles. The molecule has 1 rings (SSSR count). The second kappa shape index (κ2) is 6.64. The Balaban J connectivity index is 2.37. The Labute approximate surface area is 104 Å². The molecule has 1 N–H and O–H groups in total. The Bertz CT molecular complexity index is 363. The van der Waals surface area contributed by atoms with Gasteiger partial charge in [-0.05, 0) is 37.0 Å². The Kier molecular flexibility index (Phi) is 5.47. The van der Waals surface area contributed by atoms with Crippen molar-refractivity contribution in [3.8, 4) is 5.75 Å². The van der Waals surface area contributed by atoms with Crippen molar-refractivity contribution in [2.45, 2.75) is 38.0 Å². The van der Waals surface area contributed by atoms with E-state index in [4.69, 9.17) is 4.74 Å². The summed E-state index contributed by atoms with van der Waals surface area (Å²) in [7, 11) is 1.54. The molecule has 0 spiro atoms. The predicted molar refractivity (Wildman–Crippen MR) is 62.6 cm³/mol. The molecule has 1 atom stereocenters. The van der Waals surface area contributed by atoms with Crippen LogP contribution in [0.4, 0.5) is 13.2 Å². The minimum Gasteiger partial charge on any atom is -0.497 e. The molecule has 2 nitrogen and oxygen atoms in total. The third kappa shape index (κ3) is 5.91. The molecule has 0 saturated carbocycles. The maximum atomic E-state index is 11.9. The molecule has 0 heterocycles. The zero-order chi connectivity index (χ0) is 13.6. The van der Waals surface area contributed by atoms with Gasteiger partial charge in [0.15, 0.2) is 0 Å². The maximum absolute atomic E-state index is 11.9. The van der Waals surface area contributed by atoms with Crippen LogP contribution in [-0.4, -0.2) is 24.5 Å². The molecule has 0 aromatic heterocycles. The standard InChI is InChI=1S/C13H17F3O2/c1-18-12-6-2-4-10(9-12)8-11(17)5-3-7-13(14,15)16/h2,4,6,9,11,17H,3,5,7-8H2,1H3. The second-order valence-corrected chi connectivity index (χ2v) is 4.22. The number of aliphatic hydroxyl groups excluding tert-OH is 1. The van der Waals surface area contributed by atoms with E-state index in [-0.39, 0.29) is 12.8 Å². The topological polar surface area (TPSA) is 29.5 Å². The summed E-state index contributed by atoms with van der Waals surface area (Å²) in [6.45, 7) is 0. The number of hydrogen-bond acceptors (Lipinski definition) is 2. The van der Waals surface area contributed by atoms with Crippen LogP contribution in [-0.2, 0) is 6.42 Å². The predicted octanol–water partition coefficient (Wildman–Crippen LogP) is 3.33. The number of aliphatic hydroxyl groups is 1. The van der Waals surface area contributed by atoms with Crippen LogP contribution in [0, 0.1) is 0 Å². The fourth-order valence-corrected chi connectivity index (χ4v) is 1.71. The quantitative estimate of drug-likeness (QED) is 0.852. The van der Waals surface area contributed by atoms with Crippen LogP contribution in [0.2, 0.25) is 0 Å². The van der Waals surface area contributed by atoms with E-state index in [1.54, 1.807) is 25.3 Å². The number of halogens is 3. The van der Waals surface area contributed by atoms with Crippen molar-refractivity contribution >= 4 is 0 Å². The highest BCUT2D eigenvalue weighted by molar-refractivity contribution is 5.28. The second-order valence-electron chi connectivity index (χ2n) is 4.22. The van der Waals surface area contributed by atoms with Gasteiger partial charge in [-0.1, -0.05) is 12.1 Å². The number of ether oxygens (including phenoxy) is 1. The van der Waals surface area contributed by atoms with Gasteiger partial charge in [0.1, 0.15) is 5.75 Å². The maximum Gasteiger partial charge on any atom is 0.389 e. The summed E-state index contributed by atoms with van der Waals surface area (Å²) in [6, 6.07) is 7.15. The van der Waals surface area contributed by atoms with Crippen LogP contribution in [0.15, 0.2) is 24.3 Å². The first kappa shape index (κ1) is 14.8. The van der Waals surface area contributed by atoms with Crippen molar-refractivity contribution in [3.05, 3.63) is 29.8 Å². The lowest BCUT2D eigenvalue weighted by molar-refractivity contribution is -0.136. The van der Waals surface area contributed by atoms with Crippen LogP contribution < -0.4 is 4.74 Å². The molecule has 0 amide bonds. The third-order valence-corrected chi connectivity index (χ3v) is 2.60. The summed E-state index contributed by atoms with van der Waals surface area (Å²) < 4.78 is 40.8. The number of alkyl halides is 3. The molecule has 18 heavy (non-hydrogen) atoms. The van der Waals surface area contributed by atoms with Gasteiger partial charge in [0.05, 0.1) is 13.2 Å². The zero-order valence-electron chi connectivity index (χ0n) is 10.2. The van der Waals surface area contributed by atoms with E-state index >= 15 is 0 Å². The van der Waals surface area contributed by atoms with Crippen LogP contribution in [0.25, 0.3) is 0 Å². The summed E-state index contributed by atoms with van der Waals surface area (Å²) in [5.41, 5.74) is 0.855. The van der Waals surface area contributed by atoms with Crippen molar-refractivity contribution in [2.75, 3.05) is 7.11 Å². The molecule has 0 fully saturated rings. The normalized spacial score (nSPS) is 13.4. The SMILES string of the molecule is COc1cccc(CC(O)CCCC(F)(F)F)c1. The van der Waals surface area contributed by atoms with Crippen LogP contribution in [0.5, 0.6) is 5.75 Å². The summed E-state index contributed by atoms with van der Waals surface area (Å²) in [4.78, 5) is 0. The van der Waals surface area contributed by atoms with Gasteiger partial charge in [-0.2, -0.15) is 13.2 Å². The zero-order valence-corrected chi connectivity index (χ0v) is 10.2. The van der Waals surface area contributed by atoms with E-state index < -0.39 is 18.7 Å². The minimum atomic E-state index is -4.14. The molecule has 0 aliphatic heterocycles. The Morgan fingerprint density at radius 3 is 2.67 bits per heavy atom. The molecular formula is C13H17F3O2. The van der Waals surface area contributed by atoms with Gasteiger partial charge in [0.25, 0.3) is 0 Å². The van der Waals surface area contributed by atoms with Crippen LogP contribution in [0.3, 0.4) is 0 Å². The Morgan fingerprint density at radius 2 is 2.06 bits per heavy atom. The molecule has 102 valence electrons. The van der Waals surface area contributed by atoms with Gasteiger partial charge in [0, 0.05) is 6.42 Å². The van der Waals surface area contributed by atoms with Crippen molar-refractivity contribution in [3.63, 3.8) is 0 Å². The minimum absolute atomic E-state index is 0.0470. The van der Waals surface area contributed by atoms with Crippen LogP contribution >= 0.6 is 0 Å². The first-order valence-corrected chi connectivity index (χ1v) is 5.78. The number of rotatable bonds is 6. The van der Waals surface area contributed by atoms with Crippen molar-refractivity contribution in [1.82, 2.24) is 0 Å². The molecular weight excluding hydrogens is 245 g/mol. The van der Waals surface area contributed by atoms with E-state index in [1.165, 1.54) is 0 Å². The molecule has 0 aliphatic rings. The average Bonchev–Trinajstić information content (AvgIpc) is 2.27. The van der Waals surface area contributed by atoms with E-state index in [0.717, 1.165) is 5.56 Å². The fourth-order valence-electron chi connectivity index (χ4n) is 1.71.